The van der Waals surface area contributed by atoms with Crippen molar-refractivity contribution in [3.8, 4) is 16.9 Å². The van der Waals surface area contributed by atoms with Gasteiger partial charge in [0, 0.05) is 13.5 Å². The molecule has 254 valence electrons. The van der Waals surface area contributed by atoms with Crippen molar-refractivity contribution < 1.29 is 22.9 Å². The molecule has 2 aromatic carbocycles. The zero-order chi connectivity index (χ0) is 32.1. The third kappa shape index (κ3) is 10.8. The van der Waals surface area contributed by atoms with Gasteiger partial charge in [-0.15, -0.1) is 0 Å². The van der Waals surface area contributed by atoms with E-state index in [9.17, 15) is 0 Å². The molecule has 4 rings (SSSR count). The number of rotatable bonds is 9. The van der Waals surface area contributed by atoms with Crippen molar-refractivity contribution in [3.63, 3.8) is 0 Å². The van der Waals surface area contributed by atoms with Gasteiger partial charge in [-0.2, -0.15) is 0 Å². The van der Waals surface area contributed by atoms with Crippen molar-refractivity contribution in [1.82, 2.24) is 0 Å². The normalized spacial score (nSPS) is 15.9. The Bertz CT molecular complexity index is 1030. The summed E-state index contributed by atoms with van der Waals surface area (Å²) in [6.07, 6.45) is 16.9. The second kappa shape index (κ2) is 21.5. The van der Waals surface area contributed by atoms with E-state index in [0.29, 0.717) is 17.8 Å². The van der Waals surface area contributed by atoms with E-state index >= 15 is 0 Å². The first-order chi connectivity index (χ1) is 20.7. The van der Waals surface area contributed by atoms with E-state index < -0.39 is 7.92 Å². The van der Waals surface area contributed by atoms with Gasteiger partial charge < -0.3 is 12.2 Å². The van der Waals surface area contributed by atoms with Gasteiger partial charge in [-0.05, 0) is 110 Å². The molecule has 0 saturated heterocycles. The van der Waals surface area contributed by atoms with Crippen LogP contribution in [0.25, 0.3) is 11.1 Å². The molecule has 0 heterocycles. The molecule has 44 heavy (non-hydrogen) atoms. The van der Waals surface area contributed by atoms with Crippen LogP contribution in [0.5, 0.6) is 5.75 Å². The summed E-state index contributed by atoms with van der Waals surface area (Å²) in [5, 5.41) is 1.66. The first kappa shape index (κ1) is 41.6. The molecule has 0 N–H and O–H groups in total. The van der Waals surface area contributed by atoms with E-state index in [1.54, 1.807) is 27.6 Å². The Hall–Kier alpha value is -0.378. The van der Waals surface area contributed by atoms with Crippen LogP contribution in [-0.4, -0.2) is 18.4 Å². The van der Waals surface area contributed by atoms with Crippen LogP contribution in [0.3, 0.4) is 0 Å². The third-order valence-electron chi connectivity index (χ3n) is 9.86. The second-order valence-corrected chi connectivity index (χ2v) is 17.0. The van der Waals surface area contributed by atoms with Crippen LogP contribution in [0.1, 0.15) is 172 Å². The van der Waals surface area contributed by atoms with Gasteiger partial charge >= 0.3 is 27.7 Å². The Morgan fingerprint density at radius 1 is 0.727 bits per heavy atom. The molecule has 0 atom stereocenters. The number of benzene rings is 2. The molecule has 2 saturated carbocycles. The minimum absolute atomic E-state index is 0. The van der Waals surface area contributed by atoms with E-state index in [2.05, 4.69) is 114 Å². The molecule has 0 aromatic heterocycles. The molecule has 1 nitrogen and oxygen atoms in total. The van der Waals surface area contributed by atoms with Crippen LogP contribution in [0.2, 0.25) is 0 Å². The van der Waals surface area contributed by atoms with Crippen molar-refractivity contribution in [2.24, 2.45) is 0 Å². The van der Waals surface area contributed by atoms with Crippen molar-refractivity contribution in [1.29, 1.82) is 0 Å². The van der Waals surface area contributed by atoms with E-state index in [4.69, 9.17) is 4.74 Å². The first-order valence-corrected chi connectivity index (χ1v) is 21.2. The van der Waals surface area contributed by atoms with Gasteiger partial charge in [-0.3, -0.25) is 0 Å². The first-order valence-electron chi connectivity index (χ1n) is 17.5. The van der Waals surface area contributed by atoms with Gasteiger partial charge in [0.05, 0.1) is 18.4 Å². The second-order valence-electron chi connectivity index (χ2n) is 14.0. The third-order valence-corrected chi connectivity index (χ3v) is 13.8. The zero-order valence-electron chi connectivity index (χ0n) is 30.3. The topological polar surface area (TPSA) is 9.23 Å². The Balaban J connectivity index is 0.00000128. The van der Waals surface area contributed by atoms with Crippen LogP contribution < -0.4 is 10.0 Å². The summed E-state index contributed by atoms with van der Waals surface area (Å²) in [5.74, 6) is 2.70. The number of aryl methyl sites for hydroxylation is 1. The predicted molar refractivity (Wildman–Crippen MR) is 200 cm³/mol. The predicted octanol–water partition coefficient (Wildman–Crippen LogP) is 13.5. The van der Waals surface area contributed by atoms with E-state index in [1.807, 2.05) is 7.11 Å². The molecule has 2 aliphatic carbocycles. The van der Waals surface area contributed by atoms with E-state index in [0.717, 1.165) is 11.3 Å². The fourth-order valence-electron chi connectivity index (χ4n) is 7.28. The van der Waals surface area contributed by atoms with Crippen molar-refractivity contribution in [3.05, 3.63) is 53.9 Å². The van der Waals surface area contributed by atoms with Gasteiger partial charge in [-0.25, -0.2) is 0 Å². The van der Waals surface area contributed by atoms with E-state index in [-0.39, 0.29) is 7.43 Å². The van der Waals surface area contributed by atoms with Crippen LogP contribution in [0.15, 0.2) is 24.3 Å². The number of methoxy groups -OCH3 is 1. The molecule has 4 heteroatoms. The molecule has 0 spiro atoms. The van der Waals surface area contributed by atoms with Crippen molar-refractivity contribution in [2.45, 2.75) is 168 Å². The molecular formula is C40H67ClOPPd+. The zero-order valence-corrected chi connectivity index (χ0v) is 33.6. The molecule has 0 amide bonds. The molecule has 0 bridgehead atoms. The summed E-state index contributed by atoms with van der Waals surface area (Å²) in [4.78, 5) is 0. The summed E-state index contributed by atoms with van der Waals surface area (Å²) in [7, 11) is 5.61. The van der Waals surface area contributed by atoms with Crippen LogP contribution in [0, 0.1) is 14.4 Å². The molecule has 2 aromatic rings. The van der Waals surface area contributed by atoms with E-state index in [1.165, 1.54) is 93.9 Å². The number of hydrogen-bond acceptors (Lipinski definition) is 1. The number of hydrogen-bond donors (Lipinski definition) is 0. The molecule has 2 fully saturated rings. The minimum atomic E-state index is -0.799. The average molecular weight is 737 g/mol. The Kier molecular flexibility index (Phi) is 20.3. The van der Waals surface area contributed by atoms with Crippen molar-refractivity contribution in [2.75, 3.05) is 7.11 Å². The standard InChI is InChI=1S/C35H53OP.C4H10.CH3.ClH.Pd/c1-23(2)27-21-30(24(3)4)34(31(22-27)25(5)6)33-26(7)19-20-32(36-8)35(33)37(28-15-11-9-12-16-28)29-17-13-10-14-18-29;1-3-4-2;;;/h19-25,28-29H,9-18H2,1-8H3;3-4H2,1-2H3;1H3;1H;/q;;-1;;+2. The summed E-state index contributed by atoms with van der Waals surface area (Å²) in [6.45, 7) is 21.0. The summed E-state index contributed by atoms with van der Waals surface area (Å²) >= 11 is 2.22. The molecular weight excluding hydrogens is 669 g/mol. The monoisotopic (exact) mass is 735 g/mol. The Morgan fingerprint density at radius 3 is 1.50 bits per heavy atom. The fourth-order valence-corrected chi connectivity index (χ4v) is 11.9. The van der Waals surface area contributed by atoms with Gasteiger partial charge in [0.1, 0.15) is 5.30 Å². The van der Waals surface area contributed by atoms with Crippen LogP contribution in [0.4, 0.5) is 0 Å². The SMILES string of the molecule is CCCC.COc1ccc(C)c(-c2c(C(C)C)cc(C(C)C)cc2C(C)C)c1[PH+](C1CCCCC1)C1CCCCC1.[CH3-].[Cl][Pd+]. The molecule has 2 aliphatic rings. The molecule has 0 unspecified atom stereocenters. The summed E-state index contributed by atoms with van der Waals surface area (Å²) in [5.41, 5.74) is 10.9. The summed E-state index contributed by atoms with van der Waals surface area (Å²) in [6, 6.07) is 9.76. The fraction of sp³-hybridized carbons (Fsp3) is 0.675. The van der Waals surface area contributed by atoms with Gasteiger partial charge in [0.25, 0.3) is 0 Å². The number of ether oxygens (including phenoxy) is 1. The van der Waals surface area contributed by atoms with Crippen molar-refractivity contribution >= 4 is 22.8 Å². The molecule has 0 radical (unpaired) electrons. The van der Waals surface area contributed by atoms with Gasteiger partial charge in [0.2, 0.25) is 0 Å². The maximum atomic E-state index is 6.31. The summed E-state index contributed by atoms with van der Waals surface area (Å²) < 4.78 is 6.31. The number of unbranched alkanes of at least 4 members (excludes halogenated alkanes) is 1. The average Bonchev–Trinajstić information content (AvgIpc) is 3.03. The van der Waals surface area contributed by atoms with Gasteiger partial charge in [-0.1, -0.05) is 99.3 Å². The van der Waals surface area contributed by atoms with Crippen LogP contribution in [-0.2, 0) is 18.2 Å². The quantitative estimate of drug-likeness (QED) is 0.142. The maximum absolute atomic E-state index is 6.31. The molecule has 0 aliphatic heterocycles. The van der Waals surface area contributed by atoms with Gasteiger partial charge in [0.15, 0.2) is 5.75 Å². The number of halogens is 1. The van der Waals surface area contributed by atoms with Crippen LogP contribution >= 0.6 is 17.5 Å². The Labute approximate surface area is 290 Å². The Morgan fingerprint density at radius 2 is 1.16 bits per heavy atom.